The molecule has 0 aromatic carbocycles. The molecule has 2 atom stereocenters. The molecule has 0 spiro atoms. The standard InChI is InChI=1S/C8H17NO3S/c1-9-5-3-4-8(6-9,12-2)7-13(10)11/h3-7H2,1-2H3,(H,10,11). The van der Waals surface area contributed by atoms with E-state index in [0.717, 1.165) is 25.9 Å². The number of hydrogen-bond acceptors (Lipinski definition) is 3. The van der Waals surface area contributed by atoms with Crippen LogP contribution < -0.4 is 0 Å². The molecule has 1 fully saturated rings. The summed E-state index contributed by atoms with van der Waals surface area (Å²) in [5.41, 5.74) is -0.410. The fraction of sp³-hybridized carbons (Fsp3) is 1.00. The Labute approximate surface area is 81.5 Å². The van der Waals surface area contributed by atoms with Crippen LogP contribution in [0.1, 0.15) is 12.8 Å². The van der Waals surface area contributed by atoms with Gasteiger partial charge in [0.25, 0.3) is 0 Å². The van der Waals surface area contributed by atoms with E-state index < -0.39 is 16.7 Å². The van der Waals surface area contributed by atoms with Crippen molar-refractivity contribution in [3.05, 3.63) is 0 Å². The highest BCUT2D eigenvalue weighted by Crippen LogP contribution is 2.24. The Morgan fingerprint density at radius 3 is 2.85 bits per heavy atom. The molecule has 5 heteroatoms. The monoisotopic (exact) mass is 207 g/mol. The van der Waals surface area contributed by atoms with Crippen molar-refractivity contribution in [1.29, 1.82) is 0 Å². The summed E-state index contributed by atoms with van der Waals surface area (Å²) in [5, 5.41) is 0. The maximum absolute atomic E-state index is 10.8. The zero-order chi connectivity index (χ0) is 9.90. The first-order chi connectivity index (χ1) is 6.08. The molecular formula is C8H17NO3S. The van der Waals surface area contributed by atoms with Gasteiger partial charge in [-0.25, -0.2) is 4.21 Å². The molecule has 13 heavy (non-hydrogen) atoms. The number of hydrogen-bond donors (Lipinski definition) is 1. The van der Waals surface area contributed by atoms with Gasteiger partial charge in [0.2, 0.25) is 0 Å². The normalized spacial score (nSPS) is 33.2. The van der Waals surface area contributed by atoms with Crippen LogP contribution in [-0.4, -0.2) is 52.3 Å². The Morgan fingerprint density at radius 2 is 2.38 bits per heavy atom. The number of methoxy groups -OCH3 is 1. The van der Waals surface area contributed by atoms with Crippen molar-refractivity contribution in [2.24, 2.45) is 0 Å². The van der Waals surface area contributed by atoms with Crippen LogP contribution in [0.2, 0.25) is 0 Å². The summed E-state index contributed by atoms with van der Waals surface area (Å²) in [7, 11) is 3.62. The largest absolute Gasteiger partial charge is 0.376 e. The van der Waals surface area contributed by atoms with Gasteiger partial charge in [0.1, 0.15) is 0 Å². The van der Waals surface area contributed by atoms with E-state index in [1.807, 2.05) is 7.05 Å². The summed E-state index contributed by atoms with van der Waals surface area (Å²) in [4.78, 5) is 2.14. The van der Waals surface area contributed by atoms with Crippen molar-refractivity contribution >= 4 is 11.1 Å². The van der Waals surface area contributed by atoms with Crippen LogP contribution >= 0.6 is 0 Å². The van der Waals surface area contributed by atoms with Gasteiger partial charge >= 0.3 is 0 Å². The number of rotatable bonds is 3. The SMILES string of the molecule is COC1(CS(=O)O)CCCN(C)C1. The lowest BCUT2D eigenvalue weighted by atomic mass is 9.95. The van der Waals surface area contributed by atoms with Crippen molar-refractivity contribution in [2.75, 3.05) is 33.0 Å². The fourth-order valence-electron chi connectivity index (χ4n) is 1.89. The Bertz CT molecular complexity index is 200. The molecule has 0 amide bonds. The topological polar surface area (TPSA) is 49.8 Å². The summed E-state index contributed by atoms with van der Waals surface area (Å²) >= 11 is -1.77. The number of nitrogens with zero attached hydrogens (tertiary/aromatic N) is 1. The van der Waals surface area contributed by atoms with E-state index in [2.05, 4.69) is 4.90 Å². The second-order valence-corrected chi connectivity index (χ2v) is 4.63. The Kier molecular flexibility index (Phi) is 3.85. The highest BCUT2D eigenvalue weighted by Gasteiger charge is 2.35. The maximum atomic E-state index is 10.8. The van der Waals surface area contributed by atoms with Crippen LogP contribution in [0.5, 0.6) is 0 Å². The maximum Gasteiger partial charge on any atom is 0.155 e. The number of ether oxygens (including phenoxy) is 1. The minimum Gasteiger partial charge on any atom is -0.376 e. The second-order valence-electron chi connectivity index (χ2n) is 3.69. The lowest BCUT2D eigenvalue weighted by molar-refractivity contribution is -0.0417. The van der Waals surface area contributed by atoms with Crippen LogP contribution in [0.4, 0.5) is 0 Å². The molecule has 78 valence electrons. The van der Waals surface area contributed by atoms with Crippen molar-refractivity contribution < 1.29 is 13.5 Å². The number of likely N-dealkylation sites (tertiary alicyclic amines) is 1. The van der Waals surface area contributed by atoms with Gasteiger partial charge in [-0.1, -0.05) is 0 Å². The van der Waals surface area contributed by atoms with Crippen molar-refractivity contribution in [2.45, 2.75) is 18.4 Å². The third-order valence-electron chi connectivity index (χ3n) is 2.55. The van der Waals surface area contributed by atoms with E-state index in [-0.39, 0.29) is 5.75 Å². The van der Waals surface area contributed by atoms with Crippen molar-refractivity contribution in [3.8, 4) is 0 Å². The van der Waals surface area contributed by atoms with Gasteiger partial charge in [-0.3, -0.25) is 0 Å². The van der Waals surface area contributed by atoms with Crippen molar-refractivity contribution in [3.63, 3.8) is 0 Å². The van der Waals surface area contributed by atoms with E-state index in [0.29, 0.717) is 0 Å². The van der Waals surface area contributed by atoms with E-state index in [1.54, 1.807) is 7.11 Å². The molecule has 1 N–H and O–H groups in total. The predicted octanol–water partition coefficient (Wildman–Crippen LogP) is 0.319. The average molecular weight is 207 g/mol. The van der Waals surface area contributed by atoms with Gasteiger partial charge in [0, 0.05) is 13.7 Å². The molecule has 1 aliphatic rings. The minimum atomic E-state index is -1.77. The molecule has 4 nitrogen and oxygen atoms in total. The molecule has 1 rings (SSSR count). The molecule has 0 bridgehead atoms. The summed E-state index contributed by atoms with van der Waals surface area (Å²) < 4.78 is 25.0. The van der Waals surface area contributed by atoms with Crippen LogP contribution in [0.15, 0.2) is 0 Å². The molecular weight excluding hydrogens is 190 g/mol. The fourth-order valence-corrected chi connectivity index (χ4v) is 2.69. The molecule has 0 aliphatic carbocycles. The molecule has 1 heterocycles. The van der Waals surface area contributed by atoms with E-state index in [4.69, 9.17) is 9.29 Å². The second kappa shape index (κ2) is 4.50. The molecule has 2 unspecified atom stereocenters. The number of piperidine rings is 1. The molecule has 0 radical (unpaired) electrons. The van der Waals surface area contributed by atoms with Gasteiger partial charge in [0.15, 0.2) is 11.1 Å². The minimum absolute atomic E-state index is 0.216. The molecule has 0 aromatic heterocycles. The zero-order valence-electron chi connectivity index (χ0n) is 8.15. The summed E-state index contributed by atoms with van der Waals surface area (Å²) in [5.74, 6) is 0.216. The first kappa shape index (κ1) is 11.1. The van der Waals surface area contributed by atoms with E-state index in [1.165, 1.54) is 0 Å². The van der Waals surface area contributed by atoms with Gasteiger partial charge in [0.05, 0.1) is 11.4 Å². The lowest BCUT2D eigenvalue weighted by Gasteiger charge is -2.39. The third-order valence-corrected chi connectivity index (χ3v) is 3.32. The quantitative estimate of drug-likeness (QED) is 0.677. The molecule has 0 aromatic rings. The highest BCUT2D eigenvalue weighted by atomic mass is 32.2. The average Bonchev–Trinajstić information content (AvgIpc) is 2.03. The van der Waals surface area contributed by atoms with Crippen molar-refractivity contribution in [1.82, 2.24) is 4.90 Å². The Morgan fingerprint density at radius 1 is 1.69 bits per heavy atom. The third kappa shape index (κ3) is 3.02. The van der Waals surface area contributed by atoms with Crippen LogP contribution in [0.25, 0.3) is 0 Å². The van der Waals surface area contributed by atoms with E-state index in [9.17, 15) is 4.21 Å². The van der Waals surface area contributed by atoms with Gasteiger partial charge < -0.3 is 14.2 Å². The van der Waals surface area contributed by atoms with E-state index >= 15 is 0 Å². The summed E-state index contributed by atoms with van der Waals surface area (Å²) in [6.45, 7) is 1.79. The first-order valence-electron chi connectivity index (χ1n) is 4.39. The highest BCUT2D eigenvalue weighted by molar-refractivity contribution is 7.79. The van der Waals surface area contributed by atoms with Gasteiger partial charge in [-0.15, -0.1) is 0 Å². The summed E-state index contributed by atoms with van der Waals surface area (Å²) in [6, 6.07) is 0. The van der Waals surface area contributed by atoms with Gasteiger partial charge in [-0.05, 0) is 26.4 Å². The Balaban J connectivity index is 2.61. The molecule has 1 saturated heterocycles. The Hall–Kier alpha value is 0.0300. The molecule has 1 aliphatic heterocycles. The predicted molar refractivity (Wildman–Crippen MR) is 52.1 cm³/mol. The summed E-state index contributed by atoms with van der Waals surface area (Å²) in [6.07, 6.45) is 1.90. The zero-order valence-corrected chi connectivity index (χ0v) is 8.97. The molecule has 0 saturated carbocycles. The lowest BCUT2D eigenvalue weighted by Crippen LogP contribution is -2.51. The number of likely N-dealkylation sites (N-methyl/N-ethyl adjacent to an activating group) is 1. The smallest absolute Gasteiger partial charge is 0.155 e. The van der Waals surface area contributed by atoms with Crippen LogP contribution in [0.3, 0.4) is 0 Å². The van der Waals surface area contributed by atoms with Crippen LogP contribution in [0, 0.1) is 0 Å². The van der Waals surface area contributed by atoms with Gasteiger partial charge in [-0.2, -0.15) is 0 Å². The van der Waals surface area contributed by atoms with Crippen LogP contribution in [-0.2, 0) is 15.8 Å². The first-order valence-corrected chi connectivity index (χ1v) is 5.67.